The number of hydrogen-bond donors (Lipinski definition) is 2. The summed E-state index contributed by atoms with van der Waals surface area (Å²) in [6.45, 7) is 2.35. The van der Waals surface area contributed by atoms with Crippen molar-refractivity contribution < 1.29 is 19.4 Å². The molecular formula is C8H14ClNO4. The van der Waals surface area contributed by atoms with E-state index in [0.717, 1.165) is 0 Å². The molecule has 1 fully saturated rings. The van der Waals surface area contributed by atoms with Crippen molar-refractivity contribution in [1.29, 1.82) is 0 Å². The lowest BCUT2D eigenvalue weighted by Crippen LogP contribution is -2.35. The number of rotatable bonds is 3. The quantitative estimate of drug-likeness (QED) is 0.716. The lowest BCUT2D eigenvalue weighted by atomic mass is 10.2. The molecule has 6 heteroatoms. The normalized spacial score (nSPS) is 25.2. The molecule has 0 radical (unpaired) electrons. The highest BCUT2D eigenvalue weighted by molar-refractivity contribution is 5.85. The molecule has 1 rings (SSSR count). The van der Waals surface area contributed by atoms with Crippen LogP contribution in [0.5, 0.6) is 0 Å². The summed E-state index contributed by atoms with van der Waals surface area (Å²) in [6, 6.07) is 0. The molecule has 0 aromatic heterocycles. The molecule has 0 aromatic carbocycles. The Balaban J connectivity index is 0.00000169. The topological polar surface area (TPSA) is 75.6 Å². The van der Waals surface area contributed by atoms with Gasteiger partial charge in [-0.05, 0) is 19.8 Å². The maximum atomic E-state index is 11.2. The first-order valence-electron chi connectivity index (χ1n) is 4.31. The smallest absolute Gasteiger partial charge is 0.332 e. The maximum Gasteiger partial charge on any atom is 0.332 e. The first-order chi connectivity index (χ1) is 6.15. The molecule has 0 spiro atoms. The molecule has 1 heterocycles. The number of carboxylic acid groups (broad SMARTS) is 1. The van der Waals surface area contributed by atoms with Crippen molar-refractivity contribution in [2.75, 3.05) is 6.54 Å². The lowest BCUT2D eigenvalue weighted by molar-refractivity contribution is -0.151. The minimum absolute atomic E-state index is 0. The average molecular weight is 224 g/mol. The Kier molecular flexibility index (Phi) is 5.49. The Morgan fingerprint density at radius 2 is 2.00 bits per heavy atom. The highest BCUT2D eigenvalue weighted by atomic mass is 35.5. The van der Waals surface area contributed by atoms with Crippen LogP contribution >= 0.6 is 12.4 Å². The van der Waals surface area contributed by atoms with Crippen molar-refractivity contribution in [3.05, 3.63) is 0 Å². The zero-order valence-corrected chi connectivity index (χ0v) is 8.67. The molecule has 82 valence electrons. The first kappa shape index (κ1) is 13.2. The molecule has 0 bridgehead atoms. The fourth-order valence-corrected chi connectivity index (χ4v) is 1.30. The van der Waals surface area contributed by atoms with E-state index in [-0.39, 0.29) is 18.3 Å². The van der Waals surface area contributed by atoms with Crippen LogP contribution < -0.4 is 5.32 Å². The van der Waals surface area contributed by atoms with Crippen molar-refractivity contribution in [2.45, 2.75) is 32.0 Å². The van der Waals surface area contributed by atoms with E-state index in [1.54, 1.807) is 0 Å². The van der Waals surface area contributed by atoms with Gasteiger partial charge in [-0.25, -0.2) is 4.79 Å². The summed E-state index contributed by atoms with van der Waals surface area (Å²) >= 11 is 0. The number of ether oxygens (including phenoxy) is 1. The average Bonchev–Trinajstić information content (AvgIpc) is 2.52. The Hall–Kier alpha value is -0.810. The molecule has 0 unspecified atom stereocenters. The molecule has 2 N–H and O–H groups in total. The van der Waals surface area contributed by atoms with Crippen molar-refractivity contribution in [2.24, 2.45) is 0 Å². The number of hydrogen-bond acceptors (Lipinski definition) is 3. The largest absolute Gasteiger partial charge is 0.479 e. The van der Waals surface area contributed by atoms with E-state index < -0.39 is 18.2 Å². The molecule has 2 atom stereocenters. The molecule has 1 amide bonds. The molecule has 14 heavy (non-hydrogen) atoms. The van der Waals surface area contributed by atoms with Crippen LogP contribution in [0, 0.1) is 0 Å². The highest BCUT2D eigenvalue weighted by Gasteiger charge is 2.34. The number of carboxylic acids is 1. The summed E-state index contributed by atoms with van der Waals surface area (Å²) in [5.41, 5.74) is 0. The van der Waals surface area contributed by atoms with Crippen LogP contribution in [0.15, 0.2) is 0 Å². The molecular weight excluding hydrogens is 210 g/mol. The number of likely N-dealkylation sites (N-methyl/N-ethyl adjacent to an activating group) is 1. The standard InChI is InChI=1S/C8H13NO4.ClH/c1-2-9-7(10)5-3-4-6(13-5)8(11)12;/h5-6H,2-4H2,1H3,(H,9,10)(H,11,12);1H/t5-,6+;/m1./s1. The summed E-state index contributed by atoms with van der Waals surface area (Å²) in [5.74, 6) is -1.21. The monoisotopic (exact) mass is 223 g/mol. The summed E-state index contributed by atoms with van der Waals surface area (Å²) in [7, 11) is 0. The zero-order valence-electron chi connectivity index (χ0n) is 7.86. The third kappa shape index (κ3) is 3.16. The minimum atomic E-state index is -0.994. The second-order valence-corrected chi connectivity index (χ2v) is 2.92. The summed E-state index contributed by atoms with van der Waals surface area (Å²) in [6.07, 6.45) is -0.492. The van der Waals surface area contributed by atoms with Crippen LogP contribution in [0.1, 0.15) is 19.8 Å². The number of carbonyl (C=O) groups excluding carboxylic acids is 1. The van der Waals surface area contributed by atoms with Gasteiger partial charge in [0.25, 0.3) is 0 Å². The fraction of sp³-hybridized carbons (Fsp3) is 0.750. The molecule has 0 saturated carbocycles. The van der Waals surface area contributed by atoms with Gasteiger partial charge in [-0.2, -0.15) is 0 Å². The van der Waals surface area contributed by atoms with Gasteiger partial charge in [0.15, 0.2) is 6.10 Å². The van der Waals surface area contributed by atoms with Gasteiger partial charge in [-0.3, -0.25) is 4.79 Å². The van der Waals surface area contributed by atoms with Crippen LogP contribution in [-0.4, -0.2) is 35.7 Å². The zero-order chi connectivity index (χ0) is 9.84. The van der Waals surface area contributed by atoms with Crippen LogP contribution in [0.25, 0.3) is 0 Å². The van der Waals surface area contributed by atoms with Crippen molar-refractivity contribution in [3.8, 4) is 0 Å². The Morgan fingerprint density at radius 3 is 2.43 bits per heavy atom. The minimum Gasteiger partial charge on any atom is -0.479 e. The van der Waals surface area contributed by atoms with E-state index in [1.165, 1.54) is 0 Å². The van der Waals surface area contributed by atoms with Gasteiger partial charge < -0.3 is 15.2 Å². The number of carbonyl (C=O) groups is 2. The van der Waals surface area contributed by atoms with Crippen molar-refractivity contribution in [3.63, 3.8) is 0 Å². The fourth-order valence-electron chi connectivity index (χ4n) is 1.30. The molecule has 1 saturated heterocycles. The van der Waals surface area contributed by atoms with Gasteiger partial charge in [0.1, 0.15) is 6.10 Å². The Morgan fingerprint density at radius 1 is 1.43 bits per heavy atom. The molecule has 5 nitrogen and oxygen atoms in total. The summed E-state index contributed by atoms with van der Waals surface area (Å²) < 4.78 is 5.03. The second kappa shape index (κ2) is 5.82. The highest BCUT2D eigenvalue weighted by Crippen LogP contribution is 2.19. The van der Waals surface area contributed by atoms with E-state index in [0.29, 0.717) is 19.4 Å². The summed E-state index contributed by atoms with van der Waals surface area (Å²) in [5, 5.41) is 11.2. The molecule has 1 aliphatic heterocycles. The third-order valence-electron chi connectivity index (χ3n) is 1.94. The SMILES string of the molecule is CCNC(=O)[C@H]1CC[C@@H](C(=O)O)O1.Cl. The Labute approximate surface area is 88.2 Å². The van der Waals surface area contributed by atoms with Crippen molar-refractivity contribution >= 4 is 24.3 Å². The Bertz CT molecular complexity index is 221. The second-order valence-electron chi connectivity index (χ2n) is 2.92. The van der Waals surface area contributed by atoms with Crippen LogP contribution in [-0.2, 0) is 14.3 Å². The van der Waals surface area contributed by atoms with Gasteiger partial charge in [0.2, 0.25) is 5.91 Å². The molecule has 0 aromatic rings. The maximum absolute atomic E-state index is 11.2. The van der Waals surface area contributed by atoms with Crippen LogP contribution in [0.2, 0.25) is 0 Å². The van der Waals surface area contributed by atoms with Gasteiger partial charge in [0.05, 0.1) is 0 Å². The third-order valence-corrected chi connectivity index (χ3v) is 1.94. The van der Waals surface area contributed by atoms with Gasteiger partial charge in [-0.15, -0.1) is 12.4 Å². The molecule has 0 aliphatic carbocycles. The van der Waals surface area contributed by atoms with Gasteiger partial charge in [-0.1, -0.05) is 0 Å². The van der Waals surface area contributed by atoms with Crippen LogP contribution in [0.3, 0.4) is 0 Å². The van der Waals surface area contributed by atoms with Gasteiger partial charge >= 0.3 is 5.97 Å². The van der Waals surface area contributed by atoms with E-state index in [4.69, 9.17) is 9.84 Å². The lowest BCUT2D eigenvalue weighted by Gasteiger charge is -2.09. The summed E-state index contributed by atoms with van der Waals surface area (Å²) in [4.78, 5) is 21.7. The predicted molar refractivity (Wildman–Crippen MR) is 51.5 cm³/mol. The van der Waals surface area contributed by atoms with Crippen molar-refractivity contribution in [1.82, 2.24) is 5.32 Å². The number of halogens is 1. The molecule has 1 aliphatic rings. The first-order valence-corrected chi connectivity index (χ1v) is 4.31. The number of nitrogens with one attached hydrogen (secondary N) is 1. The van der Waals surface area contributed by atoms with E-state index >= 15 is 0 Å². The van der Waals surface area contributed by atoms with Crippen LogP contribution in [0.4, 0.5) is 0 Å². The van der Waals surface area contributed by atoms with E-state index in [1.807, 2.05) is 6.92 Å². The number of aliphatic carboxylic acids is 1. The van der Waals surface area contributed by atoms with Gasteiger partial charge in [0, 0.05) is 6.54 Å². The van der Waals surface area contributed by atoms with E-state index in [2.05, 4.69) is 5.32 Å². The number of amides is 1. The van der Waals surface area contributed by atoms with E-state index in [9.17, 15) is 9.59 Å². The predicted octanol–water partition coefficient (Wildman–Crippen LogP) is 0.176.